The molecule has 0 unspecified atom stereocenters. The van der Waals surface area contributed by atoms with Crippen LogP contribution >= 0.6 is 23.2 Å². The Morgan fingerprint density at radius 3 is 2.86 bits per heavy atom. The summed E-state index contributed by atoms with van der Waals surface area (Å²) in [7, 11) is 0. The van der Waals surface area contributed by atoms with Gasteiger partial charge < -0.3 is 25.1 Å². The number of urea groups is 1. The molecular weight excluding hydrogens is 498 g/mol. The lowest BCUT2D eigenvalue weighted by Gasteiger charge is -2.31. The fraction of sp³-hybridized carbons (Fsp3) is 0.391. The predicted octanol–water partition coefficient (Wildman–Crippen LogP) is 3.93. The zero-order valence-electron chi connectivity index (χ0n) is 18.6. The summed E-state index contributed by atoms with van der Waals surface area (Å²) < 4.78 is 25.4. The molecule has 1 aromatic carbocycles. The van der Waals surface area contributed by atoms with Crippen molar-refractivity contribution >= 4 is 35.2 Å². The van der Waals surface area contributed by atoms with E-state index in [0.29, 0.717) is 53.2 Å². The second-order valence-corrected chi connectivity index (χ2v) is 9.32. The van der Waals surface area contributed by atoms with Gasteiger partial charge in [0, 0.05) is 18.7 Å². The molecule has 0 saturated carbocycles. The van der Waals surface area contributed by atoms with Crippen LogP contribution < -0.4 is 11.1 Å². The van der Waals surface area contributed by atoms with Gasteiger partial charge in [0.15, 0.2) is 6.39 Å². The van der Waals surface area contributed by atoms with E-state index in [2.05, 4.69) is 15.3 Å². The number of primary amides is 1. The Labute approximate surface area is 210 Å². The lowest BCUT2D eigenvalue weighted by molar-refractivity contribution is 0.0284. The van der Waals surface area contributed by atoms with Crippen molar-refractivity contribution in [1.29, 1.82) is 0 Å². The van der Waals surface area contributed by atoms with Crippen LogP contribution in [0.2, 0.25) is 10.0 Å². The molecule has 2 aromatic heterocycles. The maximum Gasteiger partial charge on any atom is 0.315 e. The molecule has 3 aromatic rings. The number of anilines is 1. The molecular formula is C23H23Cl2FN6O3. The molecule has 0 radical (unpaired) electrons. The van der Waals surface area contributed by atoms with E-state index in [9.17, 15) is 9.18 Å². The number of fused-ring (bicyclic) bond motifs is 1. The van der Waals surface area contributed by atoms with E-state index in [0.717, 1.165) is 11.1 Å². The summed E-state index contributed by atoms with van der Waals surface area (Å²) in [4.78, 5) is 27.0. The lowest BCUT2D eigenvalue weighted by atomic mass is 9.88. The minimum atomic E-state index is -1.20. The summed E-state index contributed by atoms with van der Waals surface area (Å²) in [5, 5.41) is 3.94. The first kappa shape index (κ1) is 23.8. The molecule has 1 fully saturated rings. The number of rotatable bonds is 5. The molecule has 9 nitrogen and oxygen atoms in total. The van der Waals surface area contributed by atoms with Crippen molar-refractivity contribution in [1.82, 2.24) is 19.9 Å². The predicted molar refractivity (Wildman–Crippen MR) is 127 cm³/mol. The van der Waals surface area contributed by atoms with Crippen molar-refractivity contribution in [2.45, 2.75) is 37.5 Å². The highest BCUT2D eigenvalue weighted by molar-refractivity contribution is 6.42. The van der Waals surface area contributed by atoms with Crippen molar-refractivity contribution in [2.24, 2.45) is 5.73 Å². The first-order valence-corrected chi connectivity index (χ1v) is 11.9. The third-order valence-corrected chi connectivity index (χ3v) is 7.04. The van der Waals surface area contributed by atoms with Crippen LogP contribution in [0.25, 0.3) is 0 Å². The SMILES string of the molecule is NC(=O)N1CCc2c(nc(N[C@H]3CCOC[C@H]3F)nc2[C@H](c2ccc(Cl)c(Cl)c2)c2cnco2)C1. The van der Waals surface area contributed by atoms with Crippen LogP contribution in [0.3, 0.4) is 0 Å². The number of amides is 2. The topological polar surface area (TPSA) is 119 Å². The molecule has 0 bridgehead atoms. The number of hydrogen-bond donors (Lipinski definition) is 2. The number of alkyl halides is 1. The Balaban J connectivity index is 1.64. The third kappa shape index (κ3) is 4.91. The van der Waals surface area contributed by atoms with Crippen molar-refractivity contribution in [3.63, 3.8) is 0 Å². The molecule has 184 valence electrons. The number of aromatic nitrogens is 3. The second kappa shape index (κ2) is 9.96. The highest BCUT2D eigenvalue weighted by Gasteiger charge is 2.32. The van der Waals surface area contributed by atoms with Crippen LogP contribution in [0.5, 0.6) is 0 Å². The number of carbonyl (C=O) groups is 1. The summed E-state index contributed by atoms with van der Waals surface area (Å²) in [6, 6.07) is 4.28. The highest BCUT2D eigenvalue weighted by atomic mass is 35.5. The van der Waals surface area contributed by atoms with Gasteiger partial charge in [-0.05, 0) is 30.5 Å². The monoisotopic (exact) mass is 520 g/mol. The molecule has 0 spiro atoms. The van der Waals surface area contributed by atoms with Gasteiger partial charge in [-0.1, -0.05) is 29.3 Å². The molecule has 2 aliphatic rings. The maximum atomic E-state index is 14.5. The van der Waals surface area contributed by atoms with E-state index in [4.69, 9.17) is 43.1 Å². The number of nitrogens with two attached hydrogens (primary N) is 1. The molecule has 5 rings (SSSR count). The van der Waals surface area contributed by atoms with Gasteiger partial charge >= 0.3 is 6.03 Å². The Morgan fingerprint density at radius 1 is 1.29 bits per heavy atom. The molecule has 12 heteroatoms. The smallest absolute Gasteiger partial charge is 0.315 e. The number of nitrogens with zero attached hydrogens (tertiary/aromatic N) is 4. The van der Waals surface area contributed by atoms with E-state index < -0.39 is 24.2 Å². The van der Waals surface area contributed by atoms with Crippen molar-refractivity contribution in [2.75, 3.05) is 25.1 Å². The lowest BCUT2D eigenvalue weighted by Crippen LogP contribution is -2.42. The van der Waals surface area contributed by atoms with Gasteiger partial charge in [0.2, 0.25) is 5.95 Å². The Kier molecular flexibility index (Phi) is 6.77. The van der Waals surface area contributed by atoms with E-state index in [1.807, 2.05) is 6.07 Å². The highest BCUT2D eigenvalue weighted by Crippen LogP contribution is 2.38. The maximum absolute atomic E-state index is 14.5. The summed E-state index contributed by atoms with van der Waals surface area (Å²) >= 11 is 12.5. The summed E-state index contributed by atoms with van der Waals surface area (Å²) in [6.45, 7) is 1.08. The average Bonchev–Trinajstić information content (AvgIpc) is 3.37. The van der Waals surface area contributed by atoms with Crippen LogP contribution in [-0.2, 0) is 17.7 Å². The number of oxazole rings is 1. The van der Waals surface area contributed by atoms with Gasteiger partial charge in [0.25, 0.3) is 0 Å². The second-order valence-electron chi connectivity index (χ2n) is 8.51. The van der Waals surface area contributed by atoms with Gasteiger partial charge in [0.05, 0.1) is 52.7 Å². The van der Waals surface area contributed by atoms with E-state index in [-0.39, 0.29) is 19.1 Å². The molecule has 35 heavy (non-hydrogen) atoms. The summed E-state index contributed by atoms with van der Waals surface area (Å²) in [5.41, 5.74) is 8.48. The van der Waals surface area contributed by atoms with E-state index in [1.165, 1.54) is 11.3 Å². The number of hydrogen-bond acceptors (Lipinski definition) is 7. The van der Waals surface area contributed by atoms with Crippen molar-refractivity contribution < 1.29 is 18.3 Å². The van der Waals surface area contributed by atoms with E-state index >= 15 is 0 Å². The largest absolute Gasteiger partial charge is 0.447 e. The molecule has 3 N–H and O–H groups in total. The first-order valence-electron chi connectivity index (χ1n) is 11.2. The normalized spacial score (nSPS) is 20.8. The molecule has 2 amide bonds. The quantitative estimate of drug-likeness (QED) is 0.522. The van der Waals surface area contributed by atoms with Gasteiger partial charge in [0.1, 0.15) is 11.9 Å². The zero-order valence-corrected chi connectivity index (χ0v) is 20.1. The van der Waals surface area contributed by atoms with Crippen LogP contribution in [0.4, 0.5) is 15.1 Å². The van der Waals surface area contributed by atoms with Crippen molar-refractivity contribution in [3.8, 4) is 0 Å². The summed E-state index contributed by atoms with van der Waals surface area (Å²) in [6.07, 6.45) is 2.72. The van der Waals surface area contributed by atoms with Crippen molar-refractivity contribution in [3.05, 3.63) is 69.1 Å². The Bertz CT molecular complexity index is 1230. The number of ether oxygens (including phenoxy) is 1. The van der Waals surface area contributed by atoms with Gasteiger partial charge in [-0.15, -0.1) is 0 Å². The number of benzene rings is 1. The van der Waals surface area contributed by atoms with Crippen LogP contribution in [0.15, 0.2) is 35.2 Å². The van der Waals surface area contributed by atoms with Gasteiger partial charge in [-0.25, -0.2) is 24.1 Å². The number of carbonyl (C=O) groups excluding carboxylic acids is 1. The average molecular weight is 521 g/mol. The fourth-order valence-electron chi connectivity index (χ4n) is 4.50. The minimum Gasteiger partial charge on any atom is -0.447 e. The van der Waals surface area contributed by atoms with Gasteiger partial charge in [-0.3, -0.25) is 0 Å². The molecule has 0 aliphatic carbocycles. The van der Waals surface area contributed by atoms with E-state index in [1.54, 1.807) is 18.3 Å². The Hall–Kier alpha value is -2.95. The molecule has 2 aliphatic heterocycles. The van der Waals surface area contributed by atoms with Crippen LogP contribution in [0.1, 0.15) is 40.6 Å². The third-order valence-electron chi connectivity index (χ3n) is 6.30. The van der Waals surface area contributed by atoms with Crippen LogP contribution in [-0.4, -0.2) is 57.9 Å². The summed E-state index contributed by atoms with van der Waals surface area (Å²) in [5.74, 6) is 0.312. The number of halogens is 3. The number of nitrogens with one attached hydrogen (secondary N) is 1. The molecule has 3 atom stereocenters. The minimum absolute atomic E-state index is 0.00881. The first-order chi connectivity index (χ1) is 16.9. The Morgan fingerprint density at radius 2 is 2.14 bits per heavy atom. The fourth-order valence-corrected chi connectivity index (χ4v) is 4.81. The molecule has 4 heterocycles. The molecule has 1 saturated heterocycles. The van der Waals surface area contributed by atoms with Crippen LogP contribution in [0, 0.1) is 0 Å². The van der Waals surface area contributed by atoms with Gasteiger partial charge in [-0.2, -0.15) is 0 Å². The zero-order chi connectivity index (χ0) is 24.5. The standard InChI is InChI=1S/C23H23Cl2FN6O3/c24-14-2-1-12(7-15(14)25)20(19-8-28-11-35-19)21-13-3-5-32(22(27)33)9-18(13)30-23(31-21)29-17-4-6-34-10-16(17)26/h1-2,7-8,11,16-17,20H,3-6,9-10H2,(H2,27,33)(H,29,30,31)/t16-,17+,20-/m1/s1.